The Bertz CT molecular complexity index is 452. The lowest BCUT2D eigenvalue weighted by molar-refractivity contribution is 0.0935. The molecule has 1 aliphatic heterocycles. The van der Waals surface area contributed by atoms with Crippen molar-refractivity contribution in [3.63, 3.8) is 0 Å². The number of carbonyl (C=O) groups excluding carboxylic acids is 1. The molecule has 0 fully saturated rings. The maximum atomic E-state index is 12.1. The number of benzene rings is 1. The Morgan fingerprint density at radius 2 is 2.11 bits per heavy atom. The van der Waals surface area contributed by atoms with Crippen molar-refractivity contribution in [3.8, 4) is 11.5 Å². The van der Waals surface area contributed by atoms with Crippen LogP contribution in [-0.4, -0.2) is 31.2 Å². The van der Waals surface area contributed by atoms with E-state index in [9.17, 15) is 4.79 Å². The van der Waals surface area contributed by atoms with Crippen molar-refractivity contribution in [2.24, 2.45) is 5.73 Å². The van der Waals surface area contributed by atoms with Crippen molar-refractivity contribution < 1.29 is 14.3 Å². The molecule has 18 heavy (non-hydrogen) atoms. The van der Waals surface area contributed by atoms with Crippen LogP contribution in [0.25, 0.3) is 0 Å². The van der Waals surface area contributed by atoms with Gasteiger partial charge in [-0.1, -0.05) is 6.07 Å². The molecule has 3 N–H and O–H groups in total. The predicted octanol–water partition coefficient (Wildman–Crippen LogP) is 0.925. The summed E-state index contributed by atoms with van der Waals surface area (Å²) in [5.41, 5.74) is 5.87. The average molecular weight is 250 g/mol. The zero-order valence-corrected chi connectivity index (χ0v) is 10.7. The largest absolute Gasteiger partial charge is 0.486 e. The molecule has 0 saturated carbocycles. The fourth-order valence-corrected chi connectivity index (χ4v) is 1.66. The first-order chi connectivity index (χ1) is 8.47. The maximum Gasteiger partial charge on any atom is 0.255 e. The molecule has 98 valence electrons. The van der Waals surface area contributed by atoms with E-state index in [-0.39, 0.29) is 5.91 Å². The van der Waals surface area contributed by atoms with Crippen molar-refractivity contribution in [1.82, 2.24) is 5.32 Å². The lowest BCUT2D eigenvalue weighted by Gasteiger charge is -2.22. The minimum atomic E-state index is -0.443. The Morgan fingerprint density at radius 3 is 2.83 bits per heavy atom. The van der Waals surface area contributed by atoms with Gasteiger partial charge in [0.2, 0.25) is 0 Å². The molecular weight excluding hydrogens is 232 g/mol. The van der Waals surface area contributed by atoms with Crippen LogP contribution in [0.3, 0.4) is 0 Å². The molecule has 1 amide bonds. The van der Waals surface area contributed by atoms with E-state index >= 15 is 0 Å². The smallest absolute Gasteiger partial charge is 0.255 e. The summed E-state index contributed by atoms with van der Waals surface area (Å²) in [6.07, 6.45) is 0. The highest BCUT2D eigenvalue weighted by molar-refractivity contribution is 5.97. The number of carbonyl (C=O) groups is 1. The summed E-state index contributed by atoms with van der Waals surface area (Å²) in [4.78, 5) is 12.1. The molecule has 1 heterocycles. The predicted molar refractivity (Wildman–Crippen MR) is 68.0 cm³/mol. The summed E-state index contributed by atoms with van der Waals surface area (Å²) in [5.74, 6) is 0.924. The van der Waals surface area contributed by atoms with Crippen LogP contribution in [0.1, 0.15) is 24.2 Å². The Morgan fingerprint density at radius 1 is 1.39 bits per heavy atom. The van der Waals surface area contributed by atoms with E-state index in [2.05, 4.69) is 5.32 Å². The normalized spacial score (nSPS) is 14.2. The summed E-state index contributed by atoms with van der Waals surface area (Å²) in [6.45, 7) is 5.07. The zero-order valence-electron chi connectivity index (χ0n) is 10.7. The van der Waals surface area contributed by atoms with Gasteiger partial charge in [-0.25, -0.2) is 0 Å². The lowest BCUT2D eigenvalue weighted by Crippen LogP contribution is -2.45. The van der Waals surface area contributed by atoms with Gasteiger partial charge in [-0.3, -0.25) is 4.79 Å². The SMILES string of the molecule is CC(C)(N)CNC(=O)c1cccc2c1OCCO2. The van der Waals surface area contributed by atoms with E-state index in [1.165, 1.54) is 0 Å². The molecule has 5 nitrogen and oxygen atoms in total. The number of para-hydroxylation sites is 1. The molecule has 5 heteroatoms. The number of hydrogen-bond acceptors (Lipinski definition) is 4. The fourth-order valence-electron chi connectivity index (χ4n) is 1.66. The highest BCUT2D eigenvalue weighted by Crippen LogP contribution is 2.33. The molecule has 1 aromatic carbocycles. The number of amides is 1. The Balaban J connectivity index is 2.15. The third-order valence-corrected chi connectivity index (χ3v) is 2.52. The van der Waals surface area contributed by atoms with Gasteiger partial charge < -0.3 is 20.5 Å². The van der Waals surface area contributed by atoms with Crippen LogP contribution in [-0.2, 0) is 0 Å². The van der Waals surface area contributed by atoms with Gasteiger partial charge in [0, 0.05) is 12.1 Å². The Labute approximate surface area is 106 Å². The molecule has 1 aliphatic rings. The van der Waals surface area contributed by atoms with Crippen LogP contribution in [0.15, 0.2) is 18.2 Å². The van der Waals surface area contributed by atoms with Crippen LogP contribution in [0.2, 0.25) is 0 Å². The number of rotatable bonds is 3. The molecule has 0 aromatic heterocycles. The maximum absolute atomic E-state index is 12.1. The van der Waals surface area contributed by atoms with Gasteiger partial charge in [0.15, 0.2) is 11.5 Å². The molecular formula is C13H18N2O3. The van der Waals surface area contributed by atoms with Crippen molar-refractivity contribution in [3.05, 3.63) is 23.8 Å². The third kappa shape index (κ3) is 2.92. The van der Waals surface area contributed by atoms with E-state index in [0.717, 1.165) is 0 Å². The minimum Gasteiger partial charge on any atom is -0.486 e. The third-order valence-electron chi connectivity index (χ3n) is 2.52. The van der Waals surface area contributed by atoms with Gasteiger partial charge in [0.05, 0.1) is 5.56 Å². The number of nitrogens with one attached hydrogen (secondary N) is 1. The summed E-state index contributed by atoms with van der Waals surface area (Å²) in [6, 6.07) is 5.28. The van der Waals surface area contributed by atoms with E-state index < -0.39 is 5.54 Å². The van der Waals surface area contributed by atoms with Gasteiger partial charge in [0.25, 0.3) is 5.91 Å². The van der Waals surface area contributed by atoms with Gasteiger partial charge in [0.1, 0.15) is 13.2 Å². The van der Waals surface area contributed by atoms with Gasteiger partial charge in [-0.15, -0.1) is 0 Å². The quantitative estimate of drug-likeness (QED) is 0.836. The second kappa shape index (κ2) is 4.86. The summed E-state index contributed by atoms with van der Waals surface area (Å²) in [5, 5.41) is 2.79. The molecule has 0 bridgehead atoms. The second-order valence-electron chi connectivity index (χ2n) is 5.00. The second-order valence-corrected chi connectivity index (χ2v) is 5.00. The summed E-state index contributed by atoms with van der Waals surface area (Å²) in [7, 11) is 0. The van der Waals surface area contributed by atoms with Crippen LogP contribution in [0.5, 0.6) is 11.5 Å². The molecule has 1 aromatic rings. The molecule has 0 saturated heterocycles. The number of fused-ring (bicyclic) bond motifs is 1. The van der Waals surface area contributed by atoms with Crippen LogP contribution >= 0.6 is 0 Å². The van der Waals surface area contributed by atoms with Gasteiger partial charge in [-0.2, -0.15) is 0 Å². The molecule has 0 radical (unpaired) electrons. The lowest BCUT2D eigenvalue weighted by atomic mass is 10.1. The number of nitrogens with two attached hydrogens (primary N) is 1. The van der Waals surface area contributed by atoms with Crippen molar-refractivity contribution in [2.45, 2.75) is 19.4 Å². The van der Waals surface area contributed by atoms with Crippen molar-refractivity contribution >= 4 is 5.91 Å². The molecule has 0 atom stereocenters. The van der Waals surface area contributed by atoms with Crippen LogP contribution in [0.4, 0.5) is 0 Å². The standard InChI is InChI=1S/C13H18N2O3/c1-13(2,14)8-15-12(16)9-4-3-5-10-11(9)18-7-6-17-10/h3-5H,6-8,14H2,1-2H3,(H,15,16). The van der Waals surface area contributed by atoms with Crippen LogP contribution < -0.4 is 20.5 Å². The van der Waals surface area contributed by atoms with Gasteiger partial charge >= 0.3 is 0 Å². The first-order valence-electron chi connectivity index (χ1n) is 5.93. The van der Waals surface area contributed by atoms with Crippen molar-refractivity contribution in [1.29, 1.82) is 0 Å². The molecule has 0 spiro atoms. The summed E-state index contributed by atoms with van der Waals surface area (Å²) >= 11 is 0. The van der Waals surface area contributed by atoms with Crippen molar-refractivity contribution in [2.75, 3.05) is 19.8 Å². The highest BCUT2D eigenvalue weighted by Gasteiger charge is 2.21. The molecule has 0 unspecified atom stereocenters. The number of ether oxygens (including phenoxy) is 2. The fraction of sp³-hybridized carbons (Fsp3) is 0.462. The summed E-state index contributed by atoms with van der Waals surface area (Å²) < 4.78 is 10.9. The van der Waals surface area contributed by atoms with E-state index in [4.69, 9.17) is 15.2 Å². The molecule has 0 aliphatic carbocycles. The first kappa shape index (κ1) is 12.7. The van der Waals surface area contributed by atoms with E-state index in [1.807, 2.05) is 13.8 Å². The zero-order chi connectivity index (χ0) is 13.2. The average Bonchev–Trinajstić information content (AvgIpc) is 2.34. The first-order valence-corrected chi connectivity index (χ1v) is 5.93. The van der Waals surface area contributed by atoms with Crippen LogP contribution in [0, 0.1) is 0 Å². The van der Waals surface area contributed by atoms with E-state index in [1.54, 1.807) is 18.2 Å². The monoisotopic (exact) mass is 250 g/mol. The van der Waals surface area contributed by atoms with E-state index in [0.29, 0.717) is 36.8 Å². The Hall–Kier alpha value is -1.75. The topological polar surface area (TPSA) is 73.6 Å². The van der Waals surface area contributed by atoms with Gasteiger partial charge in [-0.05, 0) is 26.0 Å². The molecule has 2 rings (SSSR count). The Kier molecular flexibility index (Phi) is 3.43. The minimum absolute atomic E-state index is 0.198. The number of hydrogen-bond donors (Lipinski definition) is 2. The highest BCUT2D eigenvalue weighted by atomic mass is 16.6.